The van der Waals surface area contributed by atoms with Crippen molar-refractivity contribution in [3.63, 3.8) is 0 Å². The van der Waals surface area contributed by atoms with Crippen LogP contribution < -0.4 is 5.32 Å². The molecule has 1 saturated carbocycles. The molecule has 6 nitrogen and oxygen atoms in total. The van der Waals surface area contributed by atoms with E-state index in [0.29, 0.717) is 6.54 Å². The lowest BCUT2D eigenvalue weighted by Gasteiger charge is -2.43. The zero-order chi connectivity index (χ0) is 19.6. The number of para-hydroxylation sites is 2. The Hall–Kier alpha value is -2.25. The monoisotopic (exact) mass is 397 g/mol. The summed E-state index contributed by atoms with van der Waals surface area (Å²) in [7, 11) is 4.25. The maximum atomic E-state index is 12.9. The van der Waals surface area contributed by atoms with Crippen LogP contribution in [0.4, 0.5) is 0 Å². The number of carbonyl (C=O) groups is 1. The number of likely N-dealkylation sites (N-methyl/N-ethyl adjacent to an activating group) is 1. The second kappa shape index (κ2) is 8.01. The standard InChI is InChI=1S/C21H27N5OS/c1-25(2)21(10-6-3-7-11-21)14-22-19(27)12-26-18-9-5-4-8-16(18)24-20(26)17-13-28-15-23-17/h4-5,8-9,13,15H,3,6-7,10-12,14H2,1-2H3,(H,22,27). The first-order chi connectivity index (χ1) is 13.6. The van der Waals surface area contributed by atoms with Gasteiger partial charge in [0.25, 0.3) is 0 Å². The van der Waals surface area contributed by atoms with Crippen molar-refractivity contribution in [3.8, 4) is 11.5 Å². The van der Waals surface area contributed by atoms with Crippen LogP contribution >= 0.6 is 11.3 Å². The number of rotatable bonds is 6. The molecule has 1 aromatic carbocycles. The summed E-state index contributed by atoms with van der Waals surface area (Å²) in [5.41, 5.74) is 4.52. The second-order valence-corrected chi connectivity index (χ2v) is 8.56. The van der Waals surface area contributed by atoms with Gasteiger partial charge in [-0.2, -0.15) is 0 Å². The van der Waals surface area contributed by atoms with Crippen molar-refractivity contribution in [2.24, 2.45) is 0 Å². The SMILES string of the molecule is CN(C)C1(CNC(=O)Cn2c(-c3cscn3)nc3ccccc32)CCCCC1. The van der Waals surface area contributed by atoms with Crippen molar-refractivity contribution in [1.29, 1.82) is 0 Å². The molecule has 1 N–H and O–H groups in total. The molecule has 7 heteroatoms. The summed E-state index contributed by atoms with van der Waals surface area (Å²) in [5, 5.41) is 5.17. The lowest BCUT2D eigenvalue weighted by Crippen LogP contribution is -2.54. The van der Waals surface area contributed by atoms with Crippen molar-refractivity contribution in [2.45, 2.75) is 44.2 Å². The van der Waals surface area contributed by atoms with Crippen LogP contribution in [0, 0.1) is 0 Å². The van der Waals surface area contributed by atoms with Crippen LogP contribution in [0.15, 0.2) is 35.2 Å². The van der Waals surface area contributed by atoms with Gasteiger partial charge in [-0.3, -0.25) is 4.79 Å². The molecule has 0 atom stereocenters. The minimum Gasteiger partial charge on any atom is -0.353 e. The Balaban J connectivity index is 1.54. The van der Waals surface area contributed by atoms with Gasteiger partial charge >= 0.3 is 0 Å². The van der Waals surface area contributed by atoms with Gasteiger partial charge in [-0.05, 0) is 39.1 Å². The Morgan fingerprint density at radius 1 is 1.25 bits per heavy atom. The van der Waals surface area contributed by atoms with Gasteiger partial charge in [-0.1, -0.05) is 31.4 Å². The van der Waals surface area contributed by atoms with E-state index in [1.807, 2.05) is 34.2 Å². The van der Waals surface area contributed by atoms with Crippen LogP contribution in [-0.2, 0) is 11.3 Å². The number of amides is 1. The molecule has 2 heterocycles. The maximum absolute atomic E-state index is 12.9. The van der Waals surface area contributed by atoms with E-state index < -0.39 is 0 Å². The average molecular weight is 398 g/mol. The second-order valence-electron chi connectivity index (χ2n) is 7.84. The number of thiazole rings is 1. The van der Waals surface area contributed by atoms with Crippen LogP contribution in [0.3, 0.4) is 0 Å². The van der Waals surface area contributed by atoms with Gasteiger partial charge in [0.1, 0.15) is 12.2 Å². The Morgan fingerprint density at radius 3 is 2.75 bits per heavy atom. The van der Waals surface area contributed by atoms with Gasteiger partial charge in [0.05, 0.1) is 16.5 Å². The number of hydrogen-bond acceptors (Lipinski definition) is 5. The predicted octanol–water partition coefficient (Wildman–Crippen LogP) is 3.54. The van der Waals surface area contributed by atoms with E-state index in [1.54, 1.807) is 5.51 Å². The Bertz CT molecular complexity index is 941. The topological polar surface area (TPSA) is 63.1 Å². The number of nitrogens with zero attached hydrogens (tertiary/aromatic N) is 4. The number of imidazole rings is 1. The minimum atomic E-state index is 0.0198. The third-order valence-corrected chi connectivity index (χ3v) is 6.55. The van der Waals surface area contributed by atoms with Gasteiger partial charge in [0.15, 0.2) is 5.82 Å². The molecular formula is C21H27N5OS. The summed E-state index contributed by atoms with van der Waals surface area (Å²) in [4.78, 5) is 24.3. The Kier molecular flexibility index (Phi) is 5.46. The summed E-state index contributed by atoms with van der Waals surface area (Å²) in [6, 6.07) is 7.93. The number of benzene rings is 1. The summed E-state index contributed by atoms with van der Waals surface area (Å²) in [6.07, 6.45) is 6.03. The van der Waals surface area contributed by atoms with E-state index in [0.717, 1.165) is 35.4 Å². The molecule has 2 aromatic heterocycles. The van der Waals surface area contributed by atoms with E-state index in [9.17, 15) is 4.79 Å². The zero-order valence-electron chi connectivity index (χ0n) is 16.5. The van der Waals surface area contributed by atoms with E-state index >= 15 is 0 Å². The van der Waals surface area contributed by atoms with Gasteiger partial charge in [-0.15, -0.1) is 11.3 Å². The van der Waals surface area contributed by atoms with Gasteiger partial charge in [0, 0.05) is 17.5 Å². The first-order valence-electron chi connectivity index (χ1n) is 9.87. The summed E-state index contributed by atoms with van der Waals surface area (Å²) < 4.78 is 1.98. The molecule has 148 valence electrons. The van der Waals surface area contributed by atoms with Crippen LogP contribution in [0.1, 0.15) is 32.1 Å². The molecule has 0 radical (unpaired) electrons. The number of hydrogen-bond donors (Lipinski definition) is 1. The molecule has 1 fully saturated rings. The van der Waals surface area contributed by atoms with Crippen molar-refractivity contribution >= 4 is 28.3 Å². The molecule has 3 aromatic rings. The Labute approximate surface area is 169 Å². The van der Waals surface area contributed by atoms with Crippen molar-refractivity contribution < 1.29 is 4.79 Å². The fourth-order valence-electron chi connectivity index (χ4n) is 4.21. The van der Waals surface area contributed by atoms with Gasteiger partial charge in [-0.25, -0.2) is 9.97 Å². The third-order valence-electron chi connectivity index (χ3n) is 5.97. The van der Waals surface area contributed by atoms with Crippen molar-refractivity contribution in [3.05, 3.63) is 35.2 Å². The van der Waals surface area contributed by atoms with Gasteiger partial charge in [0.2, 0.25) is 5.91 Å². The lowest BCUT2D eigenvalue weighted by atomic mass is 9.80. The van der Waals surface area contributed by atoms with E-state index in [4.69, 9.17) is 4.98 Å². The van der Waals surface area contributed by atoms with Crippen LogP contribution in [0.25, 0.3) is 22.6 Å². The first-order valence-corrected chi connectivity index (χ1v) is 10.8. The van der Waals surface area contributed by atoms with E-state index in [2.05, 4.69) is 29.3 Å². The molecular weight excluding hydrogens is 370 g/mol. The number of carbonyl (C=O) groups excluding carboxylic acids is 1. The third kappa shape index (κ3) is 3.69. The summed E-state index contributed by atoms with van der Waals surface area (Å²) in [6.45, 7) is 0.939. The Morgan fingerprint density at radius 2 is 2.04 bits per heavy atom. The molecule has 0 bridgehead atoms. The molecule has 1 amide bonds. The smallest absolute Gasteiger partial charge is 0.240 e. The van der Waals surface area contributed by atoms with E-state index in [1.165, 1.54) is 30.6 Å². The summed E-state index contributed by atoms with van der Waals surface area (Å²) in [5.74, 6) is 0.768. The highest BCUT2D eigenvalue weighted by molar-refractivity contribution is 7.07. The van der Waals surface area contributed by atoms with Crippen molar-refractivity contribution in [2.75, 3.05) is 20.6 Å². The van der Waals surface area contributed by atoms with Crippen molar-refractivity contribution in [1.82, 2.24) is 24.8 Å². The number of aromatic nitrogens is 3. The normalized spacial score (nSPS) is 16.5. The molecule has 0 saturated heterocycles. The van der Waals surface area contributed by atoms with Crippen LogP contribution in [-0.4, -0.2) is 51.5 Å². The number of fused-ring (bicyclic) bond motifs is 1. The fraction of sp³-hybridized carbons (Fsp3) is 0.476. The largest absolute Gasteiger partial charge is 0.353 e. The summed E-state index contributed by atoms with van der Waals surface area (Å²) >= 11 is 1.53. The number of nitrogens with one attached hydrogen (secondary N) is 1. The molecule has 0 unspecified atom stereocenters. The molecule has 1 aliphatic rings. The van der Waals surface area contributed by atoms with Crippen LogP contribution in [0.5, 0.6) is 0 Å². The highest BCUT2D eigenvalue weighted by Gasteiger charge is 2.34. The fourth-order valence-corrected chi connectivity index (χ4v) is 4.74. The molecule has 28 heavy (non-hydrogen) atoms. The molecule has 4 rings (SSSR count). The molecule has 0 aliphatic heterocycles. The van der Waals surface area contributed by atoms with E-state index in [-0.39, 0.29) is 18.0 Å². The quantitative estimate of drug-likeness (QED) is 0.691. The zero-order valence-corrected chi connectivity index (χ0v) is 17.3. The maximum Gasteiger partial charge on any atom is 0.240 e. The highest BCUT2D eigenvalue weighted by Crippen LogP contribution is 2.31. The minimum absolute atomic E-state index is 0.0198. The van der Waals surface area contributed by atoms with Crippen LogP contribution in [0.2, 0.25) is 0 Å². The lowest BCUT2D eigenvalue weighted by molar-refractivity contribution is -0.122. The molecule has 1 aliphatic carbocycles. The predicted molar refractivity (Wildman–Crippen MR) is 113 cm³/mol. The highest BCUT2D eigenvalue weighted by atomic mass is 32.1. The molecule has 0 spiro atoms. The average Bonchev–Trinajstić information content (AvgIpc) is 3.35. The first kappa shape index (κ1) is 19.1. The van der Waals surface area contributed by atoms with Gasteiger partial charge < -0.3 is 14.8 Å².